The lowest BCUT2D eigenvalue weighted by molar-refractivity contribution is -0.121. The van der Waals surface area contributed by atoms with Crippen molar-refractivity contribution in [2.45, 2.75) is 109 Å². The second-order valence-electron chi connectivity index (χ2n) is 13.2. The minimum Gasteiger partial charge on any atom is -0.486 e. The summed E-state index contributed by atoms with van der Waals surface area (Å²) in [6.07, 6.45) is 14.2. The number of piperidine rings is 2. The molecule has 0 unspecified atom stereocenters. The summed E-state index contributed by atoms with van der Waals surface area (Å²) in [5.74, 6) is 1.58. The molecule has 4 aliphatic heterocycles. The third-order valence-electron chi connectivity index (χ3n) is 9.92. The standard InChI is InChI=1S/C35H55N3O5/c1-2-3-4-5-7-12-31(39)25-29(27-36-17-10-11-18-36)34(28-13-14-32-33(26-28)42-24-23-41-32)43-35(40)38-21-15-30(16-22-38)37-19-8-6-9-20-37/h13-14,26,29-30,34H,2-12,15-25,27H2,1H3/t29-,34-/m1/s1. The third kappa shape index (κ3) is 9.34. The van der Waals surface area contributed by atoms with E-state index < -0.39 is 6.10 Å². The first-order chi connectivity index (χ1) is 21.1. The Morgan fingerprint density at radius 1 is 0.860 bits per heavy atom. The maximum absolute atomic E-state index is 13.8. The summed E-state index contributed by atoms with van der Waals surface area (Å²) in [6, 6.07) is 6.47. The third-order valence-corrected chi connectivity index (χ3v) is 9.92. The van der Waals surface area contributed by atoms with E-state index in [9.17, 15) is 9.59 Å². The molecule has 0 aliphatic carbocycles. The smallest absolute Gasteiger partial charge is 0.410 e. The zero-order valence-corrected chi connectivity index (χ0v) is 26.6. The van der Waals surface area contributed by atoms with Crippen molar-refractivity contribution in [1.29, 1.82) is 0 Å². The number of benzene rings is 1. The average molecular weight is 598 g/mol. The minimum absolute atomic E-state index is 0.112. The topological polar surface area (TPSA) is 71.6 Å². The number of rotatable bonds is 14. The van der Waals surface area contributed by atoms with E-state index in [1.807, 2.05) is 23.1 Å². The average Bonchev–Trinajstić information content (AvgIpc) is 3.56. The van der Waals surface area contributed by atoms with Gasteiger partial charge >= 0.3 is 6.09 Å². The molecule has 3 fully saturated rings. The molecular formula is C35H55N3O5. The van der Waals surface area contributed by atoms with Crippen LogP contribution in [0.2, 0.25) is 0 Å². The van der Waals surface area contributed by atoms with E-state index in [0.717, 1.165) is 69.7 Å². The Labute approximate surface area is 259 Å². The fourth-order valence-corrected chi connectivity index (χ4v) is 7.44. The number of Topliss-reactive ketones (excluding diaryl/α,β-unsaturated/α-hetero) is 1. The Bertz CT molecular complexity index is 1010. The molecule has 0 bridgehead atoms. The lowest BCUT2D eigenvalue weighted by Crippen LogP contribution is -2.48. The van der Waals surface area contributed by atoms with E-state index in [1.165, 1.54) is 64.5 Å². The van der Waals surface area contributed by atoms with E-state index >= 15 is 0 Å². The summed E-state index contributed by atoms with van der Waals surface area (Å²) in [5.41, 5.74) is 0.890. The molecule has 43 heavy (non-hydrogen) atoms. The van der Waals surface area contributed by atoms with Gasteiger partial charge in [-0.15, -0.1) is 0 Å². The second kappa shape index (κ2) is 16.7. The van der Waals surface area contributed by atoms with Crippen molar-refractivity contribution < 1.29 is 23.8 Å². The monoisotopic (exact) mass is 597 g/mol. The number of carbonyl (C=O) groups excluding carboxylic acids is 2. The Hall–Kier alpha value is -2.32. The summed E-state index contributed by atoms with van der Waals surface area (Å²) >= 11 is 0. The number of ether oxygens (including phenoxy) is 3. The predicted molar refractivity (Wildman–Crippen MR) is 169 cm³/mol. The van der Waals surface area contributed by atoms with Crippen LogP contribution in [0, 0.1) is 5.92 Å². The molecule has 3 saturated heterocycles. The highest BCUT2D eigenvalue weighted by molar-refractivity contribution is 5.78. The molecule has 1 amide bonds. The summed E-state index contributed by atoms with van der Waals surface area (Å²) in [4.78, 5) is 34.1. The number of hydrogen-bond donors (Lipinski definition) is 0. The number of unbranched alkanes of at least 4 members (excludes halogenated alkanes) is 4. The van der Waals surface area contributed by atoms with Crippen LogP contribution in [0.5, 0.6) is 11.5 Å². The van der Waals surface area contributed by atoms with Gasteiger partial charge in [0.05, 0.1) is 0 Å². The number of fused-ring (bicyclic) bond motifs is 1. The molecule has 8 heteroatoms. The predicted octanol–water partition coefficient (Wildman–Crippen LogP) is 6.62. The van der Waals surface area contributed by atoms with Gasteiger partial charge in [0.25, 0.3) is 0 Å². The van der Waals surface area contributed by atoms with Crippen LogP contribution in [-0.4, -0.2) is 91.6 Å². The van der Waals surface area contributed by atoms with Crippen molar-refractivity contribution in [1.82, 2.24) is 14.7 Å². The Morgan fingerprint density at radius 3 is 2.30 bits per heavy atom. The fourth-order valence-electron chi connectivity index (χ4n) is 7.44. The van der Waals surface area contributed by atoms with Crippen LogP contribution in [0.25, 0.3) is 0 Å². The van der Waals surface area contributed by atoms with Crippen molar-refractivity contribution in [3.63, 3.8) is 0 Å². The molecule has 0 aromatic heterocycles. The molecule has 1 aromatic carbocycles. The maximum atomic E-state index is 13.8. The van der Waals surface area contributed by atoms with Gasteiger partial charge in [0.15, 0.2) is 11.5 Å². The second-order valence-corrected chi connectivity index (χ2v) is 13.2. The zero-order chi connectivity index (χ0) is 29.9. The molecule has 4 aliphatic rings. The molecule has 4 heterocycles. The van der Waals surface area contributed by atoms with Gasteiger partial charge in [0, 0.05) is 44.4 Å². The summed E-state index contributed by atoms with van der Waals surface area (Å²) in [5, 5.41) is 0. The van der Waals surface area contributed by atoms with Crippen LogP contribution in [0.3, 0.4) is 0 Å². The first-order valence-electron chi connectivity index (χ1n) is 17.4. The SMILES string of the molecule is CCCCCCCC(=O)C[C@H](CN1CCCC1)[C@H](OC(=O)N1CCC(N2CCCCC2)CC1)c1ccc2c(c1)OCCO2. The van der Waals surface area contributed by atoms with Gasteiger partial charge < -0.3 is 28.9 Å². The highest BCUT2D eigenvalue weighted by Gasteiger charge is 2.35. The lowest BCUT2D eigenvalue weighted by Gasteiger charge is -2.40. The van der Waals surface area contributed by atoms with Gasteiger partial charge in [0.2, 0.25) is 0 Å². The quantitative estimate of drug-likeness (QED) is 0.223. The largest absolute Gasteiger partial charge is 0.486 e. The molecule has 1 aromatic rings. The summed E-state index contributed by atoms with van der Waals surface area (Å²) in [6.45, 7) is 9.89. The minimum atomic E-state index is -0.521. The maximum Gasteiger partial charge on any atom is 0.410 e. The highest BCUT2D eigenvalue weighted by atomic mass is 16.6. The molecule has 0 spiro atoms. The normalized spacial score (nSPS) is 21.5. The van der Waals surface area contributed by atoms with E-state index in [0.29, 0.717) is 37.8 Å². The van der Waals surface area contributed by atoms with Crippen molar-refractivity contribution in [2.24, 2.45) is 5.92 Å². The first kappa shape index (κ1) is 32.1. The molecule has 2 atom stereocenters. The number of amides is 1. The Morgan fingerprint density at radius 2 is 1.56 bits per heavy atom. The molecule has 0 N–H and O–H groups in total. The number of hydrogen-bond acceptors (Lipinski definition) is 7. The van der Waals surface area contributed by atoms with Crippen LogP contribution in [0.4, 0.5) is 4.79 Å². The fraction of sp³-hybridized carbons (Fsp3) is 0.771. The number of ketones is 1. The molecule has 8 nitrogen and oxygen atoms in total. The lowest BCUT2D eigenvalue weighted by atomic mass is 9.89. The van der Waals surface area contributed by atoms with E-state index in [-0.39, 0.29) is 17.8 Å². The van der Waals surface area contributed by atoms with Gasteiger partial charge in [-0.1, -0.05) is 45.1 Å². The molecule has 5 rings (SSSR count). The Kier molecular flexibility index (Phi) is 12.4. The van der Waals surface area contributed by atoms with Crippen LogP contribution >= 0.6 is 0 Å². The molecule has 0 saturated carbocycles. The summed E-state index contributed by atoms with van der Waals surface area (Å²) in [7, 11) is 0. The van der Waals surface area contributed by atoms with Crippen molar-refractivity contribution in [3.8, 4) is 11.5 Å². The highest BCUT2D eigenvalue weighted by Crippen LogP contribution is 2.38. The van der Waals surface area contributed by atoms with Gasteiger partial charge in [0.1, 0.15) is 25.1 Å². The van der Waals surface area contributed by atoms with Crippen molar-refractivity contribution in [3.05, 3.63) is 23.8 Å². The number of carbonyl (C=O) groups is 2. The van der Waals surface area contributed by atoms with Crippen LogP contribution < -0.4 is 9.47 Å². The van der Waals surface area contributed by atoms with Gasteiger partial charge in [-0.2, -0.15) is 0 Å². The van der Waals surface area contributed by atoms with Crippen molar-refractivity contribution >= 4 is 11.9 Å². The summed E-state index contributed by atoms with van der Waals surface area (Å²) < 4.78 is 18.2. The van der Waals surface area contributed by atoms with E-state index in [2.05, 4.69) is 16.7 Å². The van der Waals surface area contributed by atoms with Crippen LogP contribution in [0.15, 0.2) is 18.2 Å². The number of likely N-dealkylation sites (tertiary alicyclic amines) is 3. The molecule has 240 valence electrons. The molecule has 0 radical (unpaired) electrons. The van der Waals surface area contributed by atoms with E-state index in [4.69, 9.17) is 14.2 Å². The Balaban J connectivity index is 1.30. The van der Waals surface area contributed by atoms with Gasteiger partial charge in [-0.3, -0.25) is 4.79 Å². The van der Waals surface area contributed by atoms with Crippen LogP contribution in [-0.2, 0) is 9.53 Å². The van der Waals surface area contributed by atoms with E-state index in [1.54, 1.807) is 0 Å². The number of nitrogens with zero attached hydrogens (tertiary/aromatic N) is 3. The van der Waals surface area contributed by atoms with Gasteiger partial charge in [-0.05, 0) is 88.8 Å². The first-order valence-corrected chi connectivity index (χ1v) is 17.4. The zero-order valence-electron chi connectivity index (χ0n) is 26.6. The van der Waals surface area contributed by atoms with Crippen molar-refractivity contribution in [2.75, 3.05) is 59.0 Å². The van der Waals surface area contributed by atoms with Crippen LogP contribution in [0.1, 0.15) is 108 Å². The van der Waals surface area contributed by atoms with Gasteiger partial charge in [-0.25, -0.2) is 4.79 Å². The molecular weight excluding hydrogens is 542 g/mol.